The number of aryl methyl sites for hydroxylation is 1. The lowest BCUT2D eigenvalue weighted by Gasteiger charge is -2.15. The fourth-order valence-corrected chi connectivity index (χ4v) is 2.49. The Morgan fingerprint density at radius 1 is 1.11 bits per heavy atom. The fourth-order valence-electron chi connectivity index (χ4n) is 1.96. The van der Waals surface area contributed by atoms with Crippen LogP contribution in [0.1, 0.15) is 22.8 Å². The van der Waals surface area contributed by atoms with Crippen molar-refractivity contribution in [1.29, 1.82) is 0 Å². The predicted octanol–water partition coefficient (Wildman–Crippen LogP) is 4.31. The van der Waals surface area contributed by atoms with Gasteiger partial charge in [-0.05, 0) is 30.2 Å². The van der Waals surface area contributed by atoms with E-state index < -0.39 is 17.7 Å². The van der Waals surface area contributed by atoms with Crippen molar-refractivity contribution in [2.24, 2.45) is 0 Å². The first-order valence-electron chi connectivity index (χ1n) is 5.86. The predicted molar refractivity (Wildman–Crippen MR) is 73.9 cm³/mol. The molecule has 0 aliphatic carbocycles. The molecule has 0 amide bonds. The van der Waals surface area contributed by atoms with Crippen LogP contribution in [0.4, 0.5) is 8.78 Å². The maximum Gasteiger partial charge on any atom is 0.129 e. The molecule has 4 heteroatoms. The molecule has 1 unspecified atom stereocenters. The first kappa shape index (κ1) is 14.2. The molecule has 2 aromatic rings. The third kappa shape index (κ3) is 3.01. The van der Waals surface area contributed by atoms with Gasteiger partial charge in [-0.3, -0.25) is 0 Å². The average molecular weight is 327 g/mol. The Balaban J connectivity index is 2.31. The average Bonchev–Trinajstić information content (AvgIpc) is 2.37. The number of halogens is 3. The quantitative estimate of drug-likeness (QED) is 0.891. The summed E-state index contributed by atoms with van der Waals surface area (Å²) in [5.74, 6) is -1.27. The Kier molecular flexibility index (Phi) is 4.32. The van der Waals surface area contributed by atoms with E-state index in [1.54, 1.807) is 12.1 Å². The fraction of sp³-hybridized carbons (Fsp3) is 0.200. The second-order valence-electron chi connectivity index (χ2n) is 4.40. The van der Waals surface area contributed by atoms with Crippen LogP contribution in [-0.4, -0.2) is 5.11 Å². The van der Waals surface area contributed by atoms with Crippen molar-refractivity contribution in [2.45, 2.75) is 19.4 Å². The second kappa shape index (κ2) is 5.80. The first-order valence-corrected chi connectivity index (χ1v) is 6.66. The molecule has 0 saturated heterocycles. The molecule has 0 aromatic heterocycles. The second-order valence-corrected chi connectivity index (χ2v) is 5.19. The molecule has 0 fully saturated rings. The summed E-state index contributed by atoms with van der Waals surface area (Å²) in [7, 11) is 0. The van der Waals surface area contributed by atoms with Crippen LogP contribution in [-0.2, 0) is 6.42 Å². The number of aliphatic hydroxyl groups is 1. The molecule has 1 nitrogen and oxygen atoms in total. The molecule has 1 N–H and O–H groups in total. The Bertz CT molecular complexity index is 578. The van der Waals surface area contributed by atoms with Crippen LogP contribution in [0.25, 0.3) is 0 Å². The highest BCUT2D eigenvalue weighted by atomic mass is 79.9. The summed E-state index contributed by atoms with van der Waals surface area (Å²) < 4.78 is 27.9. The van der Waals surface area contributed by atoms with Crippen LogP contribution in [0.5, 0.6) is 0 Å². The standard InChI is InChI=1S/C15H13BrF2O/c1-9-4-2-5-10(15(9)16)14(19)8-11-12(17)6-3-7-13(11)18/h2-7,14,19H,8H2,1H3. The summed E-state index contributed by atoms with van der Waals surface area (Å²) in [4.78, 5) is 0. The third-order valence-corrected chi connectivity index (χ3v) is 4.12. The van der Waals surface area contributed by atoms with E-state index in [0.717, 1.165) is 10.0 Å². The van der Waals surface area contributed by atoms with Crippen LogP contribution in [0, 0.1) is 18.6 Å². The molecule has 0 aliphatic rings. The van der Waals surface area contributed by atoms with Crippen LogP contribution in [0.2, 0.25) is 0 Å². The van der Waals surface area contributed by atoms with Crippen LogP contribution < -0.4 is 0 Å². The Hall–Kier alpha value is -1.26. The van der Waals surface area contributed by atoms with Crippen molar-refractivity contribution in [3.05, 3.63) is 69.2 Å². The zero-order chi connectivity index (χ0) is 14.0. The zero-order valence-electron chi connectivity index (χ0n) is 10.3. The summed E-state index contributed by atoms with van der Waals surface area (Å²) in [6.45, 7) is 1.89. The maximum absolute atomic E-state index is 13.5. The Morgan fingerprint density at radius 2 is 1.68 bits per heavy atom. The maximum atomic E-state index is 13.5. The van der Waals surface area contributed by atoms with Gasteiger partial charge in [0.25, 0.3) is 0 Å². The molecule has 2 aromatic carbocycles. The molecule has 0 radical (unpaired) electrons. The first-order chi connectivity index (χ1) is 9.00. The van der Waals surface area contributed by atoms with Gasteiger partial charge in [0, 0.05) is 16.5 Å². The Morgan fingerprint density at radius 3 is 2.32 bits per heavy atom. The van der Waals surface area contributed by atoms with E-state index in [4.69, 9.17) is 0 Å². The minimum Gasteiger partial charge on any atom is -0.388 e. The molecule has 0 aliphatic heterocycles. The van der Waals surface area contributed by atoms with Crippen molar-refractivity contribution in [3.63, 3.8) is 0 Å². The molecular formula is C15H13BrF2O. The summed E-state index contributed by atoms with van der Waals surface area (Å²) in [5.41, 5.74) is 1.50. The van der Waals surface area contributed by atoms with Crippen LogP contribution >= 0.6 is 15.9 Å². The molecule has 1 atom stereocenters. The highest BCUT2D eigenvalue weighted by Crippen LogP contribution is 2.29. The third-order valence-electron chi connectivity index (χ3n) is 3.04. The van der Waals surface area contributed by atoms with E-state index in [-0.39, 0.29) is 12.0 Å². The SMILES string of the molecule is Cc1cccc(C(O)Cc2c(F)cccc2F)c1Br. The normalized spacial score (nSPS) is 12.5. The number of hydrogen-bond acceptors (Lipinski definition) is 1. The molecule has 100 valence electrons. The monoisotopic (exact) mass is 326 g/mol. The zero-order valence-corrected chi connectivity index (χ0v) is 11.9. The van der Waals surface area contributed by atoms with Gasteiger partial charge in [0.1, 0.15) is 11.6 Å². The van der Waals surface area contributed by atoms with E-state index in [2.05, 4.69) is 15.9 Å². The van der Waals surface area contributed by atoms with E-state index in [9.17, 15) is 13.9 Å². The summed E-state index contributed by atoms with van der Waals surface area (Å²) in [6.07, 6.45) is -1.05. The van der Waals surface area contributed by atoms with E-state index in [1.807, 2.05) is 13.0 Å². The van der Waals surface area contributed by atoms with Gasteiger partial charge in [-0.15, -0.1) is 0 Å². The highest BCUT2D eigenvalue weighted by Gasteiger charge is 2.17. The van der Waals surface area contributed by atoms with Gasteiger partial charge in [0.15, 0.2) is 0 Å². The van der Waals surface area contributed by atoms with Gasteiger partial charge < -0.3 is 5.11 Å². The van der Waals surface area contributed by atoms with Crippen molar-refractivity contribution < 1.29 is 13.9 Å². The van der Waals surface area contributed by atoms with Crippen molar-refractivity contribution in [1.82, 2.24) is 0 Å². The van der Waals surface area contributed by atoms with Crippen LogP contribution in [0.15, 0.2) is 40.9 Å². The van der Waals surface area contributed by atoms with Crippen molar-refractivity contribution in [3.8, 4) is 0 Å². The summed E-state index contributed by atoms with van der Waals surface area (Å²) >= 11 is 3.38. The lowest BCUT2D eigenvalue weighted by molar-refractivity contribution is 0.175. The largest absolute Gasteiger partial charge is 0.388 e. The van der Waals surface area contributed by atoms with Gasteiger partial charge in [-0.25, -0.2) is 8.78 Å². The Labute approximate surface area is 119 Å². The number of rotatable bonds is 3. The number of aliphatic hydroxyl groups excluding tert-OH is 1. The molecule has 0 saturated carbocycles. The van der Waals surface area contributed by atoms with E-state index in [0.29, 0.717) is 5.56 Å². The molecule has 2 rings (SSSR count). The number of benzene rings is 2. The van der Waals surface area contributed by atoms with E-state index >= 15 is 0 Å². The van der Waals surface area contributed by atoms with Gasteiger partial charge in [0.2, 0.25) is 0 Å². The highest BCUT2D eigenvalue weighted by molar-refractivity contribution is 9.10. The summed E-state index contributed by atoms with van der Waals surface area (Å²) in [6, 6.07) is 9.12. The van der Waals surface area contributed by atoms with Crippen molar-refractivity contribution >= 4 is 15.9 Å². The van der Waals surface area contributed by atoms with Gasteiger partial charge in [-0.2, -0.15) is 0 Å². The van der Waals surface area contributed by atoms with Crippen LogP contribution in [0.3, 0.4) is 0 Å². The molecule has 0 spiro atoms. The molecule has 0 bridgehead atoms. The minimum absolute atomic E-state index is 0.0941. The van der Waals surface area contributed by atoms with Gasteiger partial charge >= 0.3 is 0 Å². The smallest absolute Gasteiger partial charge is 0.129 e. The molecule has 19 heavy (non-hydrogen) atoms. The number of hydrogen-bond donors (Lipinski definition) is 1. The lowest BCUT2D eigenvalue weighted by atomic mass is 9.99. The molecule has 0 heterocycles. The minimum atomic E-state index is -0.958. The van der Waals surface area contributed by atoms with Gasteiger partial charge in [0.05, 0.1) is 6.10 Å². The topological polar surface area (TPSA) is 20.2 Å². The summed E-state index contributed by atoms with van der Waals surface area (Å²) in [5, 5.41) is 10.2. The van der Waals surface area contributed by atoms with E-state index in [1.165, 1.54) is 18.2 Å². The lowest BCUT2D eigenvalue weighted by Crippen LogP contribution is -2.07. The van der Waals surface area contributed by atoms with Crippen molar-refractivity contribution in [2.75, 3.05) is 0 Å². The van der Waals surface area contributed by atoms with Gasteiger partial charge in [-0.1, -0.05) is 40.2 Å². The molecular weight excluding hydrogens is 314 g/mol.